The second kappa shape index (κ2) is 9.54. The van der Waals surface area contributed by atoms with Gasteiger partial charge in [0.15, 0.2) is 29.2 Å². The molecule has 11 heteroatoms. The van der Waals surface area contributed by atoms with Crippen molar-refractivity contribution >= 4 is 29.9 Å². The standard InChI is InChI=1S/C17H19F4N5O.HI/c1-22-17(23-7-11-15(20)12(18)5-13(19)16(11)21)26-3-4-27-14(9-26)10-6-24-25(2)8-10;/h5-6,8,14H,3-4,7,9H2,1-2H3,(H,22,23);1H. The van der Waals surface area contributed by atoms with Crippen molar-refractivity contribution < 1.29 is 22.3 Å². The number of nitrogens with one attached hydrogen (secondary N) is 1. The Bertz CT molecular complexity index is 834. The fourth-order valence-electron chi connectivity index (χ4n) is 2.93. The zero-order valence-electron chi connectivity index (χ0n) is 15.3. The summed E-state index contributed by atoms with van der Waals surface area (Å²) in [4.78, 5) is 5.93. The number of aliphatic imine (C=N–C) groups is 1. The molecule has 1 saturated heterocycles. The van der Waals surface area contributed by atoms with Gasteiger partial charge in [0, 0.05) is 50.6 Å². The van der Waals surface area contributed by atoms with Crippen molar-refractivity contribution in [2.45, 2.75) is 12.6 Å². The number of aryl methyl sites for hydroxylation is 1. The Hall–Kier alpha value is -1.89. The van der Waals surface area contributed by atoms with Crippen molar-refractivity contribution in [1.82, 2.24) is 20.0 Å². The maximum absolute atomic E-state index is 13.8. The van der Waals surface area contributed by atoms with Gasteiger partial charge in [-0.15, -0.1) is 24.0 Å². The number of hydrogen-bond acceptors (Lipinski definition) is 3. The van der Waals surface area contributed by atoms with Crippen LogP contribution in [-0.2, 0) is 18.3 Å². The molecule has 2 heterocycles. The molecule has 1 unspecified atom stereocenters. The third kappa shape index (κ3) is 4.74. The highest BCUT2D eigenvalue weighted by molar-refractivity contribution is 14.0. The molecule has 1 aromatic heterocycles. The van der Waals surface area contributed by atoms with Crippen LogP contribution in [0.15, 0.2) is 23.5 Å². The molecule has 3 rings (SSSR count). The summed E-state index contributed by atoms with van der Waals surface area (Å²) in [6.45, 7) is 0.901. The first-order valence-corrected chi connectivity index (χ1v) is 8.28. The molecule has 28 heavy (non-hydrogen) atoms. The first kappa shape index (κ1) is 22.4. The largest absolute Gasteiger partial charge is 0.370 e. The predicted molar refractivity (Wildman–Crippen MR) is 105 cm³/mol. The Kier molecular flexibility index (Phi) is 7.63. The van der Waals surface area contributed by atoms with Crippen LogP contribution in [0.2, 0.25) is 0 Å². The number of nitrogens with zero attached hydrogens (tertiary/aromatic N) is 4. The quantitative estimate of drug-likeness (QED) is 0.226. The van der Waals surface area contributed by atoms with E-state index in [1.807, 2.05) is 11.1 Å². The van der Waals surface area contributed by atoms with Gasteiger partial charge in [-0.2, -0.15) is 5.10 Å². The van der Waals surface area contributed by atoms with Crippen molar-refractivity contribution in [3.8, 4) is 0 Å². The van der Waals surface area contributed by atoms with E-state index < -0.39 is 35.4 Å². The Labute approximate surface area is 176 Å². The molecule has 0 bridgehead atoms. The summed E-state index contributed by atoms with van der Waals surface area (Å²) in [6, 6.07) is 0.184. The highest BCUT2D eigenvalue weighted by Crippen LogP contribution is 2.22. The number of rotatable bonds is 3. The molecule has 1 N–H and O–H groups in total. The Morgan fingerprint density at radius 3 is 2.54 bits per heavy atom. The molecular formula is C17H20F4IN5O. The number of benzene rings is 1. The van der Waals surface area contributed by atoms with Crippen LogP contribution < -0.4 is 5.32 Å². The minimum Gasteiger partial charge on any atom is -0.370 e. The molecule has 1 aliphatic heterocycles. The summed E-state index contributed by atoms with van der Waals surface area (Å²) in [5.41, 5.74) is 0.174. The van der Waals surface area contributed by atoms with E-state index in [9.17, 15) is 17.6 Å². The summed E-state index contributed by atoms with van der Waals surface area (Å²) in [6.07, 6.45) is 3.29. The third-order valence-electron chi connectivity index (χ3n) is 4.30. The van der Waals surface area contributed by atoms with E-state index >= 15 is 0 Å². The lowest BCUT2D eigenvalue weighted by molar-refractivity contribution is -0.00806. The fourth-order valence-corrected chi connectivity index (χ4v) is 2.93. The molecule has 1 aromatic carbocycles. The smallest absolute Gasteiger partial charge is 0.194 e. The molecule has 1 aliphatic rings. The monoisotopic (exact) mass is 513 g/mol. The normalized spacial score (nSPS) is 17.4. The van der Waals surface area contributed by atoms with Crippen LogP contribution in [0.3, 0.4) is 0 Å². The van der Waals surface area contributed by atoms with Gasteiger partial charge in [-0.05, 0) is 0 Å². The molecule has 0 amide bonds. The molecule has 1 atom stereocenters. The van der Waals surface area contributed by atoms with Crippen LogP contribution in [0.5, 0.6) is 0 Å². The summed E-state index contributed by atoms with van der Waals surface area (Å²) in [7, 11) is 3.31. The van der Waals surface area contributed by atoms with Gasteiger partial charge in [0.25, 0.3) is 0 Å². The van der Waals surface area contributed by atoms with Gasteiger partial charge in [0.2, 0.25) is 0 Å². The molecular weight excluding hydrogens is 493 g/mol. The molecule has 0 spiro atoms. The Balaban J connectivity index is 0.00000280. The SMILES string of the molecule is CN=C(NCc1c(F)c(F)cc(F)c1F)N1CCOC(c2cnn(C)c2)C1.I. The summed E-state index contributed by atoms with van der Waals surface area (Å²) in [5, 5.41) is 6.87. The van der Waals surface area contributed by atoms with Crippen molar-refractivity contribution in [2.24, 2.45) is 12.0 Å². The first-order chi connectivity index (χ1) is 12.9. The minimum atomic E-state index is -1.44. The summed E-state index contributed by atoms with van der Waals surface area (Å²) in [5.74, 6) is -5.39. The van der Waals surface area contributed by atoms with Gasteiger partial charge in [-0.3, -0.25) is 9.67 Å². The van der Waals surface area contributed by atoms with Gasteiger partial charge in [0.1, 0.15) is 6.10 Å². The van der Waals surface area contributed by atoms with Crippen LogP contribution in [0.1, 0.15) is 17.2 Å². The van der Waals surface area contributed by atoms with Crippen LogP contribution >= 0.6 is 24.0 Å². The number of morpholine rings is 1. The number of ether oxygens (including phenoxy) is 1. The van der Waals surface area contributed by atoms with E-state index in [2.05, 4.69) is 15.4 Å². The van der Waals surface area contributed by atoms with Crippen molar-refractivity contribution in [2.75, 3.05) is 26.7 Å². The topological polar surface area (TPSA) is 54.7 Å². The van der Waals surface area contributed by atoms with E-state index in [1.165, 1.54) is 7.05 Å². The first-order valence-electron chi connectivity index (χ1n) is 8.28. The maximum atomic E-state index is 13.8. The van der Waals surface area contributed by atoms with Crippen molar-refractivity contribution in [3.05, 3.63) is 52.9 Å². The van der Waals surface area contributed by atoms with Gasteiger partial charge in [-0.25, -0.2) is 17.6 Å². The lowest BCUT2D eigenvalue weighted by Crippen LogP contribution is -2.48. The van der Waals surface area contributed by atoms with Crippen LogP contribution in [0.25, 0.3) is 0 Å². The second-order valence-electron chi connectivity index (χ2n) is 6.10. The predicted octanol–water partition coefficient (Wildman–Crippen LogP) is 2.74. The highest BCUT2D eigenvalue weighted by atomic mass is 127. The van der Waals surface area contributed by atoms with Crippen molar-refractivity contribution in [1.29, 1.82) is 0 Å². The third-order valence-corrected chi connectivity index (χ3v) is 4.30. The molecule has 0 radical (unpaired) electrons. The molecule has 1 fully saturated rings. The van der Waals surface area contributed by atoms with Gasteiger partial charge >= 0.3 is 0 Å². The van der Waals surface area contributed by atoms with E-state index in [-0.39, 0.29) is 36.1 Å². The number of guanidine groups is 1. The maximum Gasteiger partial charge on any atom is 0.194 e. The van der Waals surface area contributed by atoms with E-state index in [1.54, 1.807) is 17.9 Å². The van der Waals surface area contributed by atoms with Gasteiger partial charge < -0.3 is 15.0 Å². The van der Waals surface area contributed by atoms with Gasteiger partial charge in [-0.1, -0.05) is 0 Å². The fraction of sp³-hybridized carbons (Fsp3) is 0.412. The zero-order chi connectivity index (χ0) is 19.6. The number of aromatic nitrogens is 2. The average molecular weight is 513 g/mol. The van der Waals surface area contributed by atoms with E-state index in [4.69, 9.17) is 4.74 Å². The number of halogens is 5. The highest BCUT2D eigenvalue weighted by Gasteiger charge is 2.26. The summed E-state index contributed by atoms with van der Waals surface area (Å²) >= 11 is 0. The van der Waals surface area contributed by atoms with Gasteiger partial charge in [0.05, 0.1) is 19.3 Å². The number of hydrogen-bond donors (Lipinski definition) is 1. The second-order valence-corrected chi connectivity index (χ2v) is 6.10. The lowest BCUT2D eigenvalue weighted by Gasteiger charge is -2.34. The van der Waals surface area contributed by atoms with E-state index in [0.717, 1.165) is 5.56 Å². The van der Waals surface area contributed by atoms with Crippen LogP contribution in [0, 0.1) is 23.3 Å². The molecule has 154 valence electrons. The molecule has 0 aliphatic carbocycles. The Morgan fingerprint density at radius 1 is 1.29 bits per heavy atom. The minimum absolute atomic E-state index is 0. The Morgan fingerprint density at radius 2 is 1.96 bits per heavy atom. The van der Waals surface area contributed by atoms with Crippen LogP contribution in [-0.4, -0.2) is 47.4 Å². The molecule has 0 saturated carbocycles. The van der Waals surface area contributed by atoms with E-state index in [0.29, 0.717) is 25.7 Å². The average Bonchev–Trinajstić information content (AvgIpc) is 3.10. The summed E-state index contributed by atoms with van der Waals surface area (Å²) < 4.78 is 61.7. The molecule has 6 nitrogen and oxygen atoms in total. The van der Waals surface area contributed by atoms with Crippen molar-refractivity contribution in [3.63, 3.8) is 0 Å². The van der Waals surface area contributed by atoms with Crippen LogP contribution in [0.4, 0.5) is 17.6 Å². The lowest BCUT2D eigenvalue weighted by atomic mass is 10.1. The molecule has 2 aromatic rings. The zero-order valence-corrected chi connectivity index (χ0v) is 17.6.